The van der Waals surface area contributed by atoms with Gasteiger partial charge in [-0.05, 0) is 37.0 Å². The molecule has 4 rings (SSSR count). The van der Waals surface area contributed by atoms with Crippen molar-refractivity contribution in [2.24, 2.45) is 7.05 Å². The lowest BCUT2D eigenvalue weighted by molar-refractivity contribution is 0.858. The van der Waals surface area contributed by atoms with Gasteiger partial charge in [-0.25, -0.2) is 5.10 Å². The van der Waals surface area contributed by atoms with Crippen LogP contribution in [0.1, 0.15) is 16.9 Å². The first-order valence-electron chi connectivity index (χ1n) is 5.79. The molecular formula is C11H10N4OS2. The van der Waals surface area contributed by atoms with E-state index in [1.807, 2.05) is 4.40 Å². The first-order valence-corrected chi connectivity index (χ1v) is 7.01. The summed E-state index contributed by atoms with van der Waals surface area (Å²) in [7, 11) is 1.73. The molecule has 0 radical (unpaired) electrons. The van der Waals surface area contributed by atoms with E-state index >= 15 is 0 Å². The first-order chi connectivity index (χ1) is 8.68. The summed E-state index contributed by atoms with van der Waals surface area (Å²) < 4.78 is 4.80. The monoisotopic (exact) mass is 278 g/mol. The quantitative estimate of drug-likeness (QED) is 0.638. The number of aromatic amines is 1. The van der Waals surface area contributed by atoms with Crippen LogP contribution in [0.4, 0.5) is 0 Å². The summed E-state index contributed by atoms with van der Waals surface area (Å²) in [4.78, 5) is 13.7. The van der Waals surface area contributed by atoms with Gasteiger partial charge in [-0.15, -0.1) is 16.4 Å². The Morgan fingerprint density at radius 1 is 1.44 bits per heavy atom. The smallest absolute Gasteiger partial charge is 0.272 e. The number of fused-ring (bicyclic) bond motifs is 5. The summed E-state index contributed by atoms with van der Waals surface area (Å²) >= 11 is 6.90. The van der Waals surface area contributed by atoms with Crippen LogP contribution in [0.25, 0.3) is 16.0 Å². The van der Waals surface area contributed by atoms with Gasteiger partial charge in [0.1, 0.15) is 4.70 Å². The molecule has 0 spiro atoms. The van der Waals surface area contributed by atoms with Gasteiger partial charge in [0.25, 0.3) is 5.56 Å². The van der Waals surface area contributed by atoms with Gasteiger partial charge >= 0.3 is 0 Å². The number of nitrogens with one attached hydrogen (secondary N) is 1. The molecule has 1 N–H and O–H groups in total. The Balaban J connectivity index is 2.43. The molecule has 3 aromatic heterocycles. The van der Waals surface area contributed by atoms with Crippen LogP contribution in [0.15, 0.2) is 4.79 Å². The molecule has 0 aromatic carbocycles. The zero-order valence-electron chi connectivity index (χ0n) is 9.69. The van der Waals surface area contributed by atoms with Gasteiger partial charge in [0.2, 0.25) is 10.5 Å². The second kappa shape index (κ2) is 3.30. The summed E-state index contributed by atoms with van der Waals surface area (Å²) in [6, 6.07) is 0. The van der Waals surface area contributed by atoms with E-state index in [4.69, 9.17) is 12.2 Å². The van der Waals surface area contributed by atoms with Gasteiger partial charge in [0.15, 0.2) is 0 Å². The molecule has 3 heterocycles. The molecule has 7 heteroatoms. The topological polar surface area (TPSA) is 55.1 Å². The number of hydrogen-bond donors (Lipinski definition) is 1. The fourth-order valence-electron chi connectivity index (χ4n) is 2.73. The lowest BCUT2D eigenvalue weighted by Gasteiger charge is -2.03. The maximum Gasteiger partial charge on any atom is 0.272 e. The van der Waals surface area contributed by atoms with Crippen LogP contribution in [0.2, 0.25) is 0 Å². The van der Waals surface area contributed by atoms with Gasteiger partial charge in [0, 0.05) is 11.9 Å². The Labute approximate surface area is 111 Å². The fourth-order valence-corrected chi connectivity index (χ4v) is 4.30. The highest BCUT2D eigenvalue weighted by molar-refractivity contribution is 7.71. The summed E-state index contributed by atoms with van der Waals surface area (Å²) in [6.07, 6.45) is 3.27. The summed E-state index contributed by atoms with van der Waals surface area (Å²) in [6.45, 7) is 0. The predicted octanol–water partition coefficient (Wildman–Crippen LogP) is 1.79. The van der Waals surface area contributed by atoms with Crippen molar-refractivity contribution in [3.8, 4) is 0 Å². The minimum absolute atomic E-state index is 0.0194. The fraction of sp³-hybridized carbons (Fsp3) is 0.364. The second-order valence-electron chi connectivity index (χ2n) is 4.56. The van der Waals surface area contributed by atoms with E-state index in [9.17, 15) is 4.79 Å². The van der Waals surface area contributed by atoms with Crippen molar-refractivity contribution in [2.75, 3.05) is 0 Å². The lowest BCUT2D eigenvalue weighted by Crippen LogP contribution is -2.19. The SMILES string of the molecule is Cn1c(=O)c2sc3c(c2n2c(=S)[nH]nc12)CCC3. The van der Waals surface area contributed by atoms with Gasteiger partial charge in [0.05, 0.1) is 5.52 Å². The third kappa shape index (κ3) is 1.08. The number of aromatic nitrogens is 4. The van der Waals surface area contributed by atoms with Crippen molar-refractivity contribution in [3.63, 3.8) is 0 Å². The van der Waals surface area contributed by atoms with E-state index in [0.29, 0.717) is 10.5 Å². The Morgan fingerprint density at radius 2 is 2.28 bits per heavy atom. The number of rotatable bonds is 0. The van der Waals surface area contributed by atoms with Crippen LogP contribution in [0.5, 0.6) is 0 Å². The molecule has 1 aliphatic carbocycles. The largest absolute Gasteiger partial charge is 0.279 e. The molecule has 0 aliphatic heterocycles. The molecule has 18 heavy (non-hydrogen) atoms. The molecule has 92 valence electrons. The van der Waals surface area contributed by atoms with Crippen LogP contribution in [-0.2, 0) is 19.9 Å². The minimum Gasteiger partial charge on any atom is -0.279 e. The molecule has 0 atom stereocenters. The standard InChI is InChI=1S/C11H10N4OS2/c1-14-9(16)8-7(5-3-2-4-6(5)18-8)15-10(14)12-13-11(15)17/h2-4H2,1H3,(H,13,17). The van der Waals surface area contributed by atoms with Crippen molar-refractivity contribution in [1.82, 2.24) is 19.2 Å². The highest BCUT2D eigenvalue weighted by Gasteiger charge is 2.23. The Bertz CT molecular complexity index is 911. The van der Waals surface area contributed by atoms with Gasteiger partial charge in [-0.3, -0.25) is 13.8 Å². The molecule has 0 saturated carbocycles. The van der Waals surface area contributed by atoms with E-state index in [1.165, 1.54) is 16.9 Å². The van der Waals surface area contributed by atoms with Gasteiger partial charge in [-0.2, -0.15) is 0 Å². The van der Waals surface area contributed by atoms with E-state index in [2.05, 4.69) is 10.2 Å². The van der Waals surface area contributed by atoms with E-state index in [0.717, 1.165) is 23.1 Å². The minimum atomic E-state index is 0.0194. The summed E-state index contributed by atoms with van der Waals surface area (Å²) in [5, 5.41) is 6.93. The van der Waals surface area contributed by atoms with Crippen molar-refractivity contribution >= 4 is 39.5 Å². The molecule has 0 saturated heterocycles. The lowest BCUT2D eigenvalue weighted by atomic mass is 10.2. The zero-order chi connectivity index (χ0) is 12.4. The zero-order valence-corrected chi connectivity index (χ0v) is 11.3. The van der Waals surface area contributed by atoms with E-state index in [-0.39, 0.29) is 5.56 Å². The summed E-state index contributed by atoms with van der Waals surface area (Å²) in [5.74, 6) is 0.588. The highest BCUT2D eigenvalue weighted by Crippen LogP contribution is 2.35. The van der Waals surface area contributed by atoms with Crippen molar-refractivity contribution < 1.29 is 0 Å². The third-order valence-corrected chi connectivity index (χ3v) is 5.11. The Morgan fingerprint density at radius 3 is 3.11 bits per heavy atom. The van der Waals surface area contributed by atoms with Crippen molar-refractivity contribution in [3.05, 3.63) is 25.6 Å². The molecule has 3 aromatic rings. The first kappa shape index (κ1) is 10.5. The Hall–Kier alpha value is -1.47. The number of aryl methyl sites for hydroxylation is 3. The normalized spacial score (nSPS) is 14.7. The predicted molar refractivity (Wildman–Crippen MR) is 73.0 cm³/mol. The highest BCUT2D eigenvalue weighted by atomic mass is 32.1. The van der Waals surface area contributed by atoms with Crippen LogP contribution in [-0.4, -0.2) is 19.2 Å². The van der Waals surface area contributed by atoms with Crippen LogP contribution < -0.4 is 5.56 Å². The molecule has 0 fully saturated rings. The van der Waals surface area contributed by atoms with E-state index in [1.54, 1.807) is 23.0 Å². The number of nitrogens with zero attached hydrogens (tertiary/aromatic N) is 3. The van der Waals surface area contributed by atoms with Crippen LogP contribution >= 0.6 is 23.6 Å². The third-order valence-electron chi connectivity index (χ3n) is 3.57. The number of thiophene rings is 1. The average molecular weight is 278 g/mol. The second-order valence-corrected chi connectivity index (χ2v) is 6.06. The Kier molecular flexibility index (Phi) is 1.92. The molecular weight excluding hydrogens is 268 g/mol. The number of hydrogen-bond acceptors (Lipinski definition) is 4. The maximum atomic E-state index is 12.3. The number of H-pyrrole nitrogens is 1. The molecule has 0 amide bonds. The average Bonchev–Trinajstić information content (AvgIpc) is 2.99. The molecule has 0 unspecified atom stereocenters. The molecule has 1 aliphatic rings. The summed E-state index contributed by atoms with van der Waals surface area (Å²) in [5.41, 5.74) is 2.28. The van der Waals surface area contributed by atoms with Crippen molar-refractivity contribution in [1.29, 1.82) is 0 Å². The van der Waals surface area contributed by atoms with Gasteiger partial charge in [-0.1, -0.05) is 0 Å². The van der Waals surface area contributed by atoms with Crippen molar-refractivity contribution in [2.45, 2.75) is 19.3 Å². The van der Waals surface area contributed by atoms with Crippen LogP contribution in [0, 0.1) is 4.77 Å². The van der Waals surface area contributed by atoms with Crippen LogP contribution in [0.3, 0.4) is 0 Å². The molecule has 0 bridgehead atoms. The maximum absolute atomic E-state index is 12.3. The van der Waals surface area contributed by atoms with E-state index < -0.39 is 0 Å². The van der Waals surface area contributed by atoms with Gasteiger partial charge < -0.3 is 0 Å². The molecule has 5 nitrogen and oxygen atoms in total.